The number of hydrogen-bond acceptors (Lipinski definition) is 4. The minimum atomic E-state index is 0.0962. The Kier molecular flexibility index (Phi) is 2.80. The lowest BCUT2D eigenvalue weighted by Gasteiger charge is -2.20. The minimum absolute atomic E-state index is 0.0962. The van der Waals surface area contributed by atoms with Gasteiger partial charge in [-0.1, -0.05) is 0 Å². The van der Waals surface area contributed by atoms with Gasteiger partial charge in [-0.3, -0.25) is 4.98 Å². The fourth-order valence-corrected chi connectivity index (χ4v) is 2.32. The van der Waals surface area contributed by atoms with E-state index in [4.69, 9.17) is 5.73 Å². The number of aryl methyl sites for hydroxylation is 2. The molecule has 3 rings (SSSR count). The molecule has 1 unspecified atom stereocenters. The van der Waals surface area contributed by atoms with Gasteiger partial charge < -0.3 is 5.73 Å². The van der Waals surface area contributed by atoms with Crippen molar-refractivity contribution in [2.45, 2.75) is 32.2 Å². The topological polar surface area (TPSA) is 64.7 Å². The molecule has 0 aromatic carbocycles. The highest BCUT2D eigenvalue weighted by atomic mass is 14.9. The highest BCUT2D eigenvalue weighted by molar-refractivity contribution is 5.54. The van der Waals surface area contributed by atoms with Crippen LogP contribution in [-0.2, 0) is 6.42 Å². The summed E-state index contributed by atoms with van der Waals surface area (Å²) in [6.45, 7) is 1.97. The van der Waals surface area contributed by atoms with E-state index < -0.39 is 0 Å². The largest absolute Gasteiger partial charge is 0.324 e. The molecule has 2 aromatic heterocycles. The molecule has 18 heavy (non-hydrogen) atoms. The molecule has 1 atom stereocenters. The second kappa shape index (κ2) is 4.46. The Morgan fingerprint density at radius 3 is 2.89 bits per heavy atom. The molecule has 1 aliphatic carbocycles. The van der Waals surface area contributed by atoms with E-state index in [1.807, 2.05) is 31.5 Å². The maximum Gasteiger partial charge on any atom is 0.160 e. The number of nitrogens with two attached hydrogens (primary N) is 1. The van der Waals surface area contributed by atoms with Crippen LogP contribution < -0.4 is 5.73 Å². The fraction of sp³-hybridized carbons (Fsp3) is 0.357. The zero-order valence-corrected chi connectivity index (χ0v) is 10.4. The van der Waals surface area contributed by atoms with Crippen molar-refractivity contribution in [3.63, 3.8) is 0 Å². The predicted molar refractivity (Wildman–Crippen MR) is 69.9 cm³/mol. The summed E-state index contributed by atoms with van der Waals surface area (Å²) < 4.78 is 0. The molecule has 0 aliphatic heterocycles. The number of aromatic nitrogens is 3. The highest BCUT2D eigenvalue weighted by Gasteiger charge is 2.19. The maximum absolute atomic E-state index is 6.06. The van der Waals surface area contributed by atoms with Crippen LogP contribution in [0.15, 0.2) is 24.5 Å². The molecule has 0 saturated heterocycles. The average molecular weight is 240 g/mol. The van der Waals surface area contributed by atoms with Gasteiger partial charge in [0.1, 0.15) is 0 Å². The zero-order valence-electron chi connectivity index (χ0n) is 10.4. The molecule has 2 aromatic rings. The summed E-state index contributed by atoms with van der Waals surface area (Å²) in [7, 11) is 0. The van der Waals surface area contributed by atoms with E-state index in [-0.39, 0.29) is 6.04 Å². The van der Waals surface area contributed by atoms with Gasteiger partial charge in [0, 0.05) is 41.0 Å². The van der Waals surface area contributed by atoms with Gasteiger partial charge in [0.2, 0.25) is 0 Å². The summed E-state index contributed by atoms with van der Waals surface area (Å²) in [6, 6.07) is 4.08. The Morgan fingerprint density at radius 1 is 1.22 bits per heavy atom. The Morgan fingerprint density at radius 2 is 2.11 bits per heavy atom. The third-order valence-corrected chi connectivity index (χ3v) is 3.40. The van der Waals surface area contributed by atoms with E-state index >= 15 is 0 Å². The van der Waals surface area contributed by atoms with Crippen LogP contribution in [0.5, 0.6) is 0 Å². The summed E-state index contributed by atoms with van der Waals surface area (Å²) in [6.07, 6.45) is 6.83. The molecule has 0 amide bonds. The minimum Gasteiger partial charge on any atom is -0.324 e. The van der Waals surface area contributed by atoms with Crippen molar-refractivity contribution in [2.24, 2.45) is 5.73 Å². The van der Waals surface area contributed by atoms with Crippen LogP contribution in [0, 0.1) is 6.92 Å². The van der Waals surface area contributed by atoms with Crippen molar-refractivity contribution in [1.82, 2.24) is 15.0 Å². The van der Waals surface area contributed by atoms with E-state index in [0.717, 1.165) is 47.6 Å². The van der Waals surface area contributed by atoms with Gasteiger partial charge in [0.15, 0.2) is 5.82 Å². The van der Waals surface area contributed by atoms with Gasteiger partial charge in [-0.25, -0.2) is 9.97 Å². The molecule has 0 bridgehead atoms. The van der Waals surface area contributed by atoms with E-state index in [1.54, 1.807) is 0 Å². The normalized spacial score (nSPS) is 18.4. The summed E-state index contributed by atoms with van der Waals surface area (Å²) in [5, 5.41) is 0. The zero-order chi connectivity index (χ0) is 12.5. The van der Waals surface area contributed by atoms with Crippen LogP contribution in [0.1, 0.15) is 35.8 Å². The smallest absolute Gasteiger partial charge is 0.160 e. The molecule has 0 fully saturated rings. The van der Waals surface area contributed by atoms with Crippen LogP contribution in [0.3, 0.4) is 0 Å². The molecular formula is C14H16N4. The third-order valence-electron chi connectivity index (χ3n) is 3.40. The van der Waals surface area contributed by atoms with Crippen LogP contribution >= 0.6 is 0 Å². The second-order valence-electron chi connectivity index (χ2n) is 4.78. The van der Waals surface area contributed by atoms with Crippen molar-refractivity contribution in [3.8, 4) is 11.4 Å². The molecule has 0 radical (unpaired) electrons. The van der Waals surface area contributed by atoms with Gasteiger partial charge in [-0.05, 0) is 38.3 Å². The number of rotatable bonds is 1. The molecule has 0 saturated carbocycles. The van der Waals surface area contributed by atoms with E-state index in [0.29, 0.717) is 0 Å². The molecule has 92 valence electrons. The van der Waals surface area contributed by atoms with E-state index in [2.05, 4.69) is 15.0 Å². The predicted octanol–water partition coefficient (Wildman–Crippen LogP) is 2.18. The number of nitrogens with zero attached hydrogens (tertiary/aromatic N) is 3. The van der Waals surface area contributed by atoms with Crippen LogP contribution in [0.4, 0.5) is 0 Å². The SMILES string of the molecule is Cc1ccc(-c2ncc3c(n2)CCCC3N)cn1. The Balaban J connectivity index is 2.01. The molecule has 1 aliphatic rings. The number of pyridine rings is 1. The van der Waals surface area contributed by atoms with E-state index in [1.165, 1.54) is 0 Å². The van der Waals surface area contributed by atoms with Gasteiger partial charge in [0.05, 0.1) is 0 Å². The van der Waals surface area contributed by atoms with Crippen molar-refractivity contribution in [3.05, 3.63) is 41.5 Å². The van der Waals surface area contributed by atoms with Crippen LogP contribution in [0.25, 0.3) is 11.4 Å². The van der Waals surface area contributed by atoms with Crippen LogP contribution in [0.2, 0.25) is 0 Å². The van der Waals surface area contributed by atoms with Crippen LogP contribution in [-0.4, -0.2) is 15.0 Å². The lowest BCUT2D eigenvalue weighted by Crippen LogP contribution is -2.19. The van der Waals surface area contributed by atoms with Crippen molar-refractivity contribution >= 4 is 0 Å². The first kappa shape index (κ1) is 11.3. The second-order valence-corrected chi connectivity index (χ2v) is 4.78. The number of fused-ring (bicyclic) bond motifs is 1. The summed E-state index contributed by atoms with van der Waals surface area (Å²) in [4.78, 5) is 13.3. The summed E-state index contributed by atoms with van der Waals surface area (Å²) in [5.74, 6) is 0.746. The van der Waals surface area contributed by atoms with Gasteiger partial charge in [0.25, 0.3) is 0 Å². The van der Waals surface area contributed by atoms with Gasteiger partial charge >= 0.3 is 0 Å². The molecule has 2 heterocycles. The Labute approximate surface area is 106 Å². The first-order valence-electron chi connectivity index (χ1n) is 6.28. The third kappa shape index (κ3) is 1.99. The monoisotopic (exact) mass is 240 g/mol. The molecule has 2 N–H and O–H groups in total. The summed E-state index contributed by atoms with van der Waals surface area (Å²) in [5.41, 5.74) is 10.2. The van der Waals surface area contributed by atoms with E-state index in [9.17, 15) is 0 Å². The quantitative estimate of drug-likeness (QED) is 0.829. The van der Waals surface area contributed by atoms with Crippen molar-refractivity contribution < 1.29 is 0 Å². The first-order valence-corrected chi connectivity index (χ1v) is 6.28. The van der Waals surface area contributed by atoms with Crippen molar-refractivity contribution in [2.75, 3.05) is 0 Å². The van der Waals surface area contributed by atoms with Gasteiger partial charge in [-0.15, -0.1) is 0 Å². The average Bonchev–Trinajstić information content (AvgIpc) is 2.39. The molecule has 4 heteroatoms. The Bertz CT molecular complexity index is 563. The highest BCUT2D eigenvalue weighted by Crippen LogP contribution is 2.27. The first-order chi connectivity index (χ1) is 8.74. The van der Waals surface area contributed by atoms with Crippen molar-refractivity contribution in [1.29, 1.82) is 0 Å². The molecular weight excluding hydrogens is 224 g/mol. The fourth-order valence-electron chi connectivity index (χ4n) is 2.32. The summed E-state index contributed by atoms with van der Waals surface area (Å²) >= 11 is 0. The molecule has 4 nitrogen and oxygen atoms in total. The van der Waals surface area contributed by atoms with Gasteiger partial charge in [-0.2, -0.15) is 0 Å². The lowest BCUT2D eigenvalue weighted by atomic mass is 9.93. The standard InChI is InChI=1S/C14H16N4/c1-9-5-6-10(7-16-9)14-17-8-11-12(15)3-2-4-13(11)18-14/h5-8,12H,2-4,15H2,1H3. The number of hydrogen-bond donors (Lipinski definition) is 1. The Hall–Kier alpha value is -1.81. The molecule has 0 spiro atoms. The maximum atomic E-state index is 6.06. The lowest BCUT2D eigenvalue weighted by molar-refractivity contribution is 0.557.